The van der Waals surface area contributed by atoms with Gasteiger partial charge < -0.3 is 15.6 Å². The number of aromatic nitrogens is 1. The van der Waals surface area contributed by atoms with Gasteiger partial charge in [-0.05, 0) is 70.4 Å². The van der Waals surface area contributed by atoms with Crippen molar-refractivity contribution in [3.05, 3.63) is 81.6 Å². The lowest BCUT2D eigenvalue weighted by atomic mass is 9.97. The van der Waals surface area contributed by atoms with E-state index in [1.54, 1.807) is 19.1 Å². The molecule has 1 aromatic heterocycles. The Bertz CT molecular complexity index is 1200. The molecule has 0 radical (unpaired) electrons. The molecule has 0 amide bonds. The molecule has 0 aliphatic heterocycles. The normalized spacial score (nSPS) is 12.4. The third-order valence-electron chi connectivity index (χ3n) is 4.73. The summed E-state index contributed by atoms with van der Waals surface area (Å²) in [6.07, 6.45) is 2.91. The van der Waals surface area contributed by atoms with Gasteiger partial charge in [0, 0.05) is 28.1 Å². The Labute approximate surface area is 182 Å². The summed E-state index contributed by atoms with van der Waals surface area (Å²) in [6, 6.07) is 10.5. The Hall–Kier alpha value is -2.91. The number of methoxy groups -OCH3 is 1. The number of anilines is 1. The SMILES string of the molecule is COc1ccc(S(=O)(=O)C(c2cccnc2)c2c(C(=O)O)cc(C)c(N)c2Br)cc1. The van der Waals surface area contributed by atoms with Crippen LogP contribution in [0.5, 0.6) is 5.75 Å². The molecule has 0 bridgehead atoms. The van der Waals surface area contributed by atoms with Crippen molar-refractivity contribution in [3.8, 4) is 5.75 Å². The lowest BCUT2D eigenvalue weighted by Crippen LogP contribution is -2.20. The molecule has 0 aliphatic carbocycles. The summed E-state index contributed by atoms with van der Waals surface area (Å²) in [6.45, 7) is 1.66. The van der Waals surface area contributed by atoms with Gasteiger partial charge in [0.2, 0.25) is 0 Å². The van der Waals surface area contributed by atoms with Crippen molar-refractivity contribution in [1.82, 2.24) is 4.98 Å². The number of pyridine rings is 1. The molecule has 3 rings (SSSR count). The molecule has 0 aliphatic rings. The van der Waals surface area contributed by atoms with Gasteiger partial charge in [-0.25, -0.2) is 13.2 Å². The summed E-state index contributed by atoms with van der Waals surface area (Å²) in [5.74, 6) is -0.758. The van der Waals surface area contributed by atoms with Gasteiger partial charge in [-0.15, -0.1) is 0 Å². The molecule has 1 atom stereocenters. The zero-order valence-electron chi connectivity index (χ0n) is 16.2. The average molecular weight is 491 g/mol. The Balaban J connectivity index is 2.36. The van der Waals surface area contributed by atoms with Crippen LogP contribution in [0.15, 0.2) is 64.2 Å². The number of aromatic carboxylic acids is 1. The lowest BCUT2D eigenvalue weighted by molar-refractivity contribution is 0.0695. The Kier molecular flexibility index (Phi) is 6.14. The predicted octanol–water partition coefficient (Wildman–Crippen LogP) is 4.00. The summed E-state index contributed by atoms with van der Waals surface area (Å²) in [5, 5.41) is 8.47. The van der Waals surface area contributed by atoms with E-state index in [2.05, 4.69) is 20.9 Å². The van der Waals surface area contributed by atoms with Crippen LogP contribution in [0.1, 0.15) is 32.3 Å². The molecule has 0 saturated heterocycles. The van der Waals surface area contributed by atoms with Crippen LogP contribution >= 0.6 is 15.9 Å². The van der Waals surface area contributed by atoms with Gasteiger partial charge in [-0.3, -0.25) is 4.98 Å². The van der Waals surface area contributed by atoms with Crippen LogP contribution in [0.3, 0.4) is 0 Å². The number of rotatable bonds is 6. The van der Waals surface area contributed by atoms with Crippen molar-refractivity contribution in [2.45, 2.75) is 17.1 Å². The number of benzene rings is 2. The highest BCUT2D eigenvalue weighted by molar-refractivity contribution is 9.10. The average Bonchev–Trinajstić information content (AvgIpc) is 2.74. The quantitative estimate of drug-likeness (QED) is 0.500. The van der Waals surface area contributed by atoms with E-state index < -0.39 is 21.1 Å². The molecule has 30 heavy (non-hydrogen) atoms. The van der Waals surface area contributed by atoms with Gasteiger partial charge in [-0.2, -0.15) is 0 Å². The summed E-state index contributed by atoms with van der Waals surface area (Å²) < 4.78 is 32.8. The molecule has 9 heteroatoms. The van der Waals surface area contributed by atoms with Crippen molar-refractivity contribution in [3.63, 3.8) is 0 Å². The Morgan fingerprint density at radius 3 is 2.43 bits per heavy atom. The van der Waals surface area contributed by atoms with Crippen LogP contribution < -0.4 is 10.5 Å². The van der Waals surface area contributed by atoms with Gasteiger partial charge in [-0.1, -0.05) is 6.07 Å². The van der Waals surface area contributed by atoms with Crippen LogP contribution in [-0.4, -0.2) is 31.6 Å². The number of carboxylic acid groups (broad SMARTS) is 1. The molecule has 0 saturated carbocycles. The number of carbonyl (C=O) groups is 1. The molecule has 3 aromatic rings. The second kappa shape index (κ2) is 8.45. The van der Waals surface area contributed by atoms with E-state index in [-0.39, 0.29) is 26.2 Å². The molecule has 0 fully saturated rings. The molecular formula is C21H19BrN2O5S. The number of nitrogen functional groups attached to an aromatic ring is 1. The number of ether oxygens (including phenoxy) is 1. The highest BCUT2D eigenvalue weighted by atomic mass is 79.9. The van der Waals surface area contributed by atoms with Gasteiger partial charge in [0.05, 0.1) is 17.6 Å². The fourth-order valence-corrected chi connectivity index (χ4v) is 5.92. The first-order chi connectivity index (χ1) is 14.2. The van der Waals surface area contributed by atoms with Crippen molar-refractivity contribution >= 4 is 37.4 Å². The number of sulfone groups is 1. The summed E-state index contributed by atoms with van der Waals surface area (Å²) in [4.78, 5) is 16.1. The zero-order chi connectivity index (χ0) is 22.1. The molecular weight excluding hydrogens is 472 g/mol. The van der Waals surface area contributed by atoms with Gasteiger partial charge in [0.1, 0.15) is 11.0 Å². The summed E-state index contributed by atoms with van der Waals surface area (Å²) in [7, 11) is -2.61. The van der Waals surface area contributed by atoms with Crippen LogP contribution in [0.2, 0.25) is 0 Å². The number of nitrogens with two attached hydrogens (primary N) is 1. The topological polar surface area (TPSA) is 120 Å². The predicted molar refractivity (Wildman–Crippen MR) is 117 cm³/mol. The van der Waals surface area contributed by atoms with Gasteiger partial charge >= 0.3 is 5.97 Å². The van der Waals surface area contributed by atoms with E-state index in [1.165, 1.54) is 49.8 Å². The first-order valence-electron chi connectivity index (χ1n) is 8.78. The molecule has 7 nitrogen and oxygen atoms in total. The largest absolute Gasteiger partial charge is 0.497 e. The maximum atomic E-state index is 13.7. The number of nitrogens with zero attached hydrogens (tertiary/aromatic N) is 1. The lowest BCUT2D eigenvalue weighted by Gasteiger charge is -2.23. The molecule has 156 valence electrons. The van der Waals surface area contributed by atoms with Crippen LogP contribution in [0.4, 0.5) is 5.69 Å². The number of hydrogen-bond donors (Lipinski definition) is 2. The summed E-state index contributed by atoms with van der Waals surface area (Å²) >= 11 is 3.34. The van der Waals surface area contributed by atoms with Crippen molar-refractivity contribution < 1.29 is 23.1 Å². The number of hydrogen-bond acceptors (Lipinski definition) is 6. The van der Waals surface area contributed by atoms with Crippen molar-refractivity contribution in [1.29, 1.82) is 0 Å². The Morgan fingerprint density at radius 1 is 1.23 bits per heavy atom. The molecule has 0 spiro atoms. The van der Waals surface area contributed by atoms with E-state index >= 15 is 0 Å². The standard InChI is InChI=1S/C21H19BrN2O5S/c1-12-10-16(21(25)26)17(18(22)19(12)23)20(13-4-3-9-24-11-13)30(27,28)15-7-5-14(29-2)6-8-15/h3-11,20H,23H2,1-2H3,(H,25,26). The highest BCUT2D eigenvalue weighted by Gasteiger charge is 2.36. The monoisotopic (exact) mass is 490 g/mol. The fraction of sp³-hybridized carbons (Fsp3) is 0.143. The highest BCUT2D eigenvalue weighted by Crippen LogP contribution is 2.43. The van der Waals surface area contributed by atoms with E-state index in [4.69, 9.17) is 10.5 Å². The van der Waals surface area contributed by atoms with E-state index in [0.29, 0.717) is 16.9 Å². The number of carboxylic acids is 1. The second-order valence-electron chi connectivity index (χ2n) is 6.57. The van der Waals surface area contributed by atoms with Crippen molar-refractivity contribution in [2.24, 2.45) is 0 Å². The fourth-order valence-electron chi connectivity index (χ4n) is 3.18. The maximum Gasteiger partial charge on any atom is 0.336 e. The summed E-state index contributed by atoms with van der Waals surface area (Å²) in [5.41, 5.74) is 7.13. The third-order valence-corrected chi connectivity index (χ3v) is 7.64. The minimum atomic E-state index is -4.08. The van der Waals surface area contributed by atoms with Gasteiger partial charge in [0.15, 0.2) is 9.84 Å². The molecule has 1 heterocycles. The van der Waals surface area contributed by atoms with E-state index in [9.17, 15) is 18.3 Å². The smallest absolute Gasteiger partial charge is 0.336 e. The van der Waals surface area contributed by atoms with E-state index in [1.807, 2.05) is 0 Å². The molecule has 2 aromatic carbocycles. The van der Waals surface area contributed by atoms with Crippen LogP contribution in [0.25, 0.3) is 0 Å². The molecule has 3 N–H and O–H groups in total. The first kappa shape index (κ1) is 21.8. The second-order valence-corrected chi connectivity index (χ2v) is 9.40. The maximum absolute atomic E-state index is 13.7. The number of aryl methyl sites for hydroxylation is 1. The molecule has 1 unspecified atom stereocenters. The Morgan fingerprint density at radius 2 is 1.90 bits per heavy atom. The van der Waals surface area contributed by atoms with Gasteiger partial charge in [0.25, 0.3) is 0 Å². The van der Waals surface area contributed by atoms with Crippen LogP contribution in [-0.2, 0) is 9.84 Å². The van der Waals surface area contributed by atoms with E-state index in [0.717, 1.165) is 0 Å². The zero-order valence-corrected chi connectivity index (χ0v) is 18.6. The number of halogens is 1. The minimum Gasteiger partial charge on any atom is -0.497 e. The van der Waals surface area contributed by atoms with Crippen LogP contribution in [0, 0.1) is 6.92 Å². The minimum absolute atomic E-state index is 0.0135. The first-order valence-corrected chi connectivity index (χ1v) is 11.1. The third kappa shape index (κ3) is 3.90. The van der Waals surface area contributed by atoms with Crippen molar-refractivity contribution in [2.75, 3.05) is 12.8 Å².